The molecule has 34 heavy (non-hydrogen) atoms. The number of halogens is 2. The van der Waals surface area contributed by atoms with Gasteiger partial charge in [-0.2, -0.15) is 0 Å². The van der Waals surface area contributed by atoms with Gasteiger partial charge >= 0.3 is 0 Å². The van der Waals surface area contributed by atoms with Crippen LogP contribution >= 0.6 is 11.6 Å². The highest BCUT2D eigenvalue weighted by Crippen LogP contribution is 2.31. The van der Waals surface area contributed by atoms with Gasteiger partial charge in [-0.1, -0.05) is 23.4 Å². The lowest BCUT2D eigenvalue weighted by atomic mass is 9.97. The highest BCUT2D eigenvalue weighted by molar-refractivity contribution is 6.31. The molecule has 0 atom stereocenters. The number of likely N-dealkylation sites (tertiary alicyclic amines) is 1. The number of hydrogen-bond acceptors (Lipinski definition) is 6. The summed E-state index contributed by atoms with van der Waals surface area (Å²) in [5.74, 6) is 7.44. The fourth-order valence-electron chi connectivity index (χ4n) is 3.99. The summed E-state index contributed by atoms with van der Waals surface area (Å²) >= 11 is 5.93. The number of nitrogens with one attached hydrogen (secondary N) is 1. The van der Waals surface area contributed by atoms with Crippen molar-refractivity contribution in [2.45, 2.75) is 45.3 Å². The van der Waals surface area contributed by atoms with Gasteiger partial charge in [0.25, 0.3) is 0 Å². The van der Waals surface area contributed by atoms with Crippen LogP contribution in [0.25, 0.3) is 10.9 Å². The first-order valence-corrected chi connectivity index (χ1v) is 11.7. The number of aromatic nitrogens is 2. The van der Waals surface area contributed by atoms with Crippen molar-refractivity contribution >= 4 is 34.0 Å². The van der Waals surface area contributed by atoms with Gasteiger partial charge in [0.05, 0.1) is 34.4 Å². The smallest absolute Gasteiger partial charge is 0.141 e. The fourth-order valence-corrected chi connectivity index (χ4v) is 4.17. The van der Waals surface area contributed by atoms with Crippen molar-refractivity contribution in [2.75, 3.05) is 25.0 Å². The van der Waals surface area contributed by atoms with E-state index in [1.54, 1.807) is 6.07 Å². The molecule has 0 unspecified atom stereocenters. The van der Waals surface area contributed by atoms with E-state index in [-0.39, 0.29) is 16.7 Å². The van der Waals surface area contributed by atoms with E-state index in [9.17, 15) is 9.50 Å². The summed E-state index contributed by atoms with van der Waals surface area (Å²) in [6, 6.07) is 8.19. The molecule has 0 bridgehead atoms. The number of rotatable bonds is 5. The molecule has 0 amide bonds. The highest BCUT2D eigenvalue weighted by atomic mass is 35.5. The molecule has 4 rings (SSSR count). The molecule has 2 N–H and O–H groups in total. The van der Waals surface area contributed by atoms with Gasteiger partial charge in [0.1, 0.15) is 23.7 Å². The zero-order chi connectivity index (χ0) is 24.3. The SMILES string of the molecule is CCOc1cc2ncnc(Nc3ccc(F)c(Cl)c3)c2cc1C#CC(C)(C)N1CCC(O)CC1. The molecule has 1 aliphatic rings. The molecule has 2 heterocycles. The van der Waals surface area contributed by atoms with E-state index < -0.39 is 5.82 Å². The predicted molar refractivity (Wildman–Crippen MR) is 133 cm³/mol. The van der Waals surface area contributed by atoms with E-state index in [2.05, 4.69) is 45.9 Å². The first-order valence-electron chi connectivity index (χ1n) is 11.4. The second-order valence-corrected chi connectivity index (χ2v) is 9.21. The Morgan fingerprint density at radius 3 is 2.71 bits per heavy atom. The number of aliphatic hydroxyl groups is 1. The zero-order valence-corrected chi connectivity index (χ0v) is 20.3. The largest absolute Gasteiger partial charge is 0.492 e. The topological polar surface area (TPSA) is 70.5 Å². The van der Waals surface area contributed by atoms with Crippen molar-refractivity contribution in [3.8, 4) is 17.6 Å². The Kier molecular flexibility index (Phi) is 7.22. The fraction of sp³-hybridized carbons (Fsp3) is 0.385. The molecule has 178 valence electrons. The number of piperidine rings is 1. The lowest BCUT2D eigenvalue weighted by Crippen LogP contribution is -2.48. The summed E-state index contributed by atoms with van der Waals surface area (Å²) in [7, 11) is 0. The van der Waals surface area contributed by atoms with Gasteiger partial charge in [0, 0.05) is 30.2 Å². The lowest BCUT2D eigenvalue weighted by molar-refractivity contribution is 0.0508. The molecular formula is C26H28ClFN4O2. The highest BCUT2D eigenvalue weighted by Gasteiger charge is 2.28. The summed E-state index contributed by atoms with van der Waals surface area (Å²) in [4.78, 5) is 11.1. The van der Waals surface area contributed by atoms with Crippen LogP contribution in [0.3, 0.4) is 0 Å². The van der Waals surface area contributed by atoms with Gasteiger partial charge in [-0.3, -0.25) is 4.90 Å². The molecule has 1 saturated heterocycles. The molecule has 0 spiro atoms. The van der Waals surface area contributed by atoms with Crippen molar-refractivity contribution < 1.29 is 14.2 Å². The Balaban J connectivity index is 1.71. The number of aliphatic hydroxyl groups excluding tert-OH is 1. The molecule has 1 aliphatic heterocycles. The van der Waals surface area contributed by atoms with Gasteiger partial charge in [0.15, 0.2) is 0 Å². The summed E-state index contributed by atoms with van der Waals surface area (Å²) in [6.07, 6.45) is 2.74. The van der Waals surface area contributed by atoms with E-state index in [4.69, 9.17) is 16.3 Å². The average Bonchev–Trinajstić information content (AvgIpc) is 2.81. The molecule has 2 aromatic carbocycles. The van der Waals surface area contributed by atoms with Crippen LogP contribution < -0.4 is 10.1 Å². The predicted octanol–water partition coefficient (Wildman–Crippen LogP) is 5.15. The monoisotopic (exact) mass is 482 g/mol. The summed E-state index contributed by atoms with van der Waals surface area (Å²) < 4.78 is 19.4. The maximum atomic E-state index is 13.6. The van der Waals surface area contributed by atoms with E-state index in [0.717, 1.165) is 36.9 Å². The third kappa shape index (κ3) is 5.41. The molecule has 1 aromatic heterocycles. The molecule has 0 aliphatic carbocycles. The molecule has 6 nitrogen and oxygen atoms in total. The van der Waals surface area contributed by atoms with E-state index in [1.807, 2.05) is 19.1 Å². The molecule has 3 aromatic rings. The number of anilines is 2. The molecule has 0 radical (unpaired) electrons. The molecule has 8 heteroatoms. The Morgan fingerprint density at radius 1 is 1.24 bits per heavy atom. The number of fused-ring (bicyclic) bond motifs is 1. The number of ether oxygens (including phenoxy) is 1. The van der Waals surface area contributed by atoms with E-state index >= 15 is 0 Å². The van der Waals surface area contributed by atoms with Crippen LogP contribution in [0.1, 0.15) is 39.2 Å². The first-order chi connectivity index (χ1) is 16.3. The Morgan fingerprint density at radius 2 is 2.00 bits per heavy atom. The van der Waals surface area contributed by atoms with Gasteiger partial charge in [-0.25, -0.2) is 14.4 Å². The van der Waals surface area contributed by atoms with Gasteiger partial charge in [-0.15, -0.1) is 0 Å². The first kappa shape index (κ1) is 24.2. The second-order valence-electron chi connectivity index (χ2n) is 8.80. The van der Waals surface area contributed by atoms with Crippen LogP contribution in [0.2, 0.25) is 5.02 Å². The Labute approximate surface area is 204 Å². The van der Waals surface area contributed by atoms with Crippen molar-refractivity contribution in [2.24, 2.45) is 0 Å². The van der Waals surface area contributed by atoms with Gasteiger partial charge in [-0.05, 0) is 57.9 Å². The Bertz CT molecular complexity index is 1250. The average molecular weight is 483 g/mol. The number of hydrogen-bond donors (Lipinski definition) is 2. The molecular weight excluding hydrogens is 455 g/mol. The van der Waals surface area contributed by atoms with Crippen LogP contribution in [0.5, 0.6) is 5.75 Å². The van der Waals surface area contributed by atoms with Crippen molar-refractivity contribution in [3.63, 3.8) is 0 Å². The third-order valence-electron chi connectivity index (χ3n) is 5.98. The molecule has 1 fully saturated rings. The lowest BCUT2D eigenvalue weighted by Gasteiger charge is -2.38. The minimum Gasteiger partial charge on any atom is -0.492 e. The minimum absolute atomic E-state index is 0.0287. The summed E-state index contributed by atoms with van der Waals surface area (Å²) in [5.41, 5.74) is 1.68. The van der Waals surface area contributed by atoms with E-state index in [1.165, 1.54) is 18.5 Å². The van der Waals surface area contributed by atoms with Crippen molar-refractivity contribution in [3.05, 3.63) is 53.1 Å². The number of benzene rings is 2. The van der Waals surface area contributed by atoms with Crippen LogP contribution in [0.4, 0.5) is 15.9 Å². The Hall–Kier alpha value is -2.92. The van der Waals surface area contributed by atoms with Crippen molar-refractivity contribution in [1.29, 1.82) is 0 Å². The maximum absolute atomic E-state index is 13.6. The maximum Gasteiger partial charge on any atom is 0.141 e. The van der Waals surface area contributed by atoms with Crippen LogP contribution in [0, 0.1) is 17.7 Å². The summed E-state index contributed by atoms with van der Waals surface area (Å²) in [5, 5.41) is 13.8. The van der Waals surface area contributed by atoms with Gasteiger partial charge < -0.3 is 15.2 Å². The standard InChI is InChI=1S/C26H28ClFN4O2/c1-4-34-24-15-23-20(25(30-16-29-23)31-18-5-6-22(28)21(27)14-18)13-17(24)7-10-26(2,3)32-11-8-19(33)9-12-32/h5-6,13-16,19,33H,4,8-9,11-12H2,1-3H3,(H,29,30,31). The van der Waals surface area contributed by atoms with Crippen molar-refractivity contribution in [1.82, 2.24) is 14.9 Å². The number of nitrogens with zero attached hydrogens (tertiary/aromatic N) is 3. The minimum atomic E-state index is -0.482. The normalized spacial score (nSPS) is 15.1. The molecule has 0 saturated carbocycles. The van der Waals surface area contributed by atoms with Crippen LogP contribution in [-0.4, -0.2) is 51.3 Å². The zero-order valence-electron chi connectivity index (χ0n) is 19.5. The van der Waals surface area contributed by atoms with E-state index in [0.29, 0.717) is 29.4 Å². The summed E-state index contributed by atoms with van der Waals surface area (Å²) in [6.45, 7) is 8.22. The second kappa shape index (κ2) is 10.1. The quantitative estimate of drug-likeness (QED) is 0.490. The van der Waals surface area contributed by atoms with Gasteiger partial charge in [0.2, 0.25) is 0 Å². The third-order valence-corrected chi connectivity index (χ3v) is 6.27. The van der Waals surface area contributed by atoms with Crippen LogP contribution in [0.15, 0.2) is 36.7 Å². The van der Waals surface area contributed by atoms with Crippen LogP contribution in [-0.2, 0) is 0 Å².